The van der Waals surface area contributed by atoms with Gasteiger partial charge in [-0.25, -0.2) is 9.97 Å². The molecule has 5 aromatic heterocycles. The summed E-state index contributed by atoms with van der Waals surface area (Å²) in [6.45, 7) is 0. The Bertz CT molecular complexity index is 1550. The van der Waals surface area contributed by atoms with Gasteiger partial charge in [-0.2, -0.15) is 5.10 Å². The Hall–Kier alpha value is -4.59. The van der Waals surface area contributed by atoms with Gasteiger partial charge in [0.15, 0.2) is 11.5 Å². The highest BCUT2D eigenvalue weighted by molar-refractivity contribution is 5.96. The number of hydrogen-bond donors (Lipinski definition) is 3. The molecule has 31 heavy (non-hydrogen) atoms. The molecule has 0 unspecified atom stereocenters. The summed E-state index contributed by atoms with van der Waals surface area (Å²) >= 11 is 0. The molecule has 0 bridgehead atoms. The number of pyridine rings is 3. The molecule has 5 heterocycles. The smallest absolute Gasteiger partial charge is 0.161 e. The fraction of sp³-hybridized carbons (Fsp3) is 0. The first-order valence-corrected chi connectivity index (χ1v) is 9.72. The average molecular weight is 404 g/mol. The van der Waals surface area contributed by atoms with E-state index in [0.29, 0.717) is 17.2 Å². The summed E-state index contributed by atoms with van der Waals surface area (Å²) in [5, 5.41) is 7.53. The number of nitrogens with two attached hydrogens (primary N) is 1. The predicted molar refractivity (Wildman–Crippen MR) is 120 cm³/mol. The quantitative estimate of drug-likeness (QED) is 0.406. The van der Waals surface area contributed by atoms with Crippen LogP contribution in [-0.2, 0) is 0 Å². The lowest BCUT2D eigenvalue weighted by Crippen LogP contribution is -1.90. The zero-order valence-electron chi connectivity index (χ0n) is 16.2. The molecule has 6 rings (SSSR count). The number of nitrogens with zero attached hydrogens (tertiary/aromatic N) is 5. The standard InChI is InChI=1S/C23H16N8/c24-15-9-14(11-26-12-15)17-6-7-19-21(27-17)22(31-30-19)23-28-18-5-1-4-16(20(18)29-23)13-3-2-8-25-10-13/h1-12H,24H2,(H,28,29)(H,30,31). The minimum absolute atomic E-state index is 0.590. The van der Waals surface area contributed by atoms with Crippen molar-refractivity contribution in [2.45, 2.75) is 0 Å². The molecule has 0 fully saturated rings. The van der Waals surface area contributed by atoms with Crippen molar-refractivity contribution in [2.24, 2.45) is 0 Å². The number of imidazole rings is 1. The number of H-pyrrole nitrogens is 2. The van der Waals surface area contributed by atoms with Gasteiger partial charge in [0.05, 0.1) is 27.9 Å². The van der Waals surface area contributed by atoms with Crippen molar-refractivity contribution in [3.05, 3.63) is 73.3 Å². The van der Waals surface area contributed by atoms with Crippen molar-refractivity contribution in [1.29, 1.82) is 0 Å². The Morgan fingerprint density at radius 1 is 0.774 bits per heavy atom. The fourth-order valence-electron chi connectivity index (χ4n) is 3.72. The molecule has 0 aliphatic rings. The van der Waals surface area contributed by atoms with Gasteiger partial charge in [-0.3, -0.25) is 15.1 Å². The van der Waals surface area contributed by atoms with E-state index in [9.17, 15) is 0 Å². The minimum Gasteiger partial charge on any atom is -0.397 e. The third-order valence-electron chi connectivity index (χ3n) is 5.17. The fourth-order valence-corrected chi connectivity index (χ4v) is 3.72. The summed E-state index contributed by atoms with van der Waals surface area (Å²) in [7, 11) is 0. The number of anilines is 1. The SMILES string of the molecule is Nc1cncc(-c2ccc3[nH]nc(-c4nc5c(-c6cccnc6)cccc5[nH]4)c3n2)c1. The number of hydrogen-bond acceptors (Lipinski definition) is 6. The summed E-state index contributed by atoms with van der Waals surface area (Å²) in [5.41, 5.74) is 14.1. The third kappa shape index (κ3) is 2.89. The summed E-state index contributed by atoms with van der Waals surface area (Å²) in [6.07, 6.45) is 6.94. The number of nitrogens with one attached hydrogen (secondary N) is 2. The molecule has 0 radical (unpaired) electrons. The molecule has 0 aliphatic carbocycles. The van der Waals surface area contributed by atoms with E-state index < -0.39 is 0 Å². The van der Waals surface area contributed by atoms with Crippen molar-refractivity contribution in [3.8, 4) is 33.9 Å². The van der Waals surface area contributed by atoms with E-state index in [-0.39, 0.29) is 0 Å². The molecule has 6 aromatic rings. The van der Waals surface area contributed by atoms with Crippen LogP contribution in [0.2, 0.25) is 0 Å². The van der Waals surface area contributed by atoms with Crippen molar-refractivity contribution in [2.75, 3.05) is 5.73 Å². The first-order valence-electron chi connectivity index (χ1n) is 9.72. The van der Waals surface area contributed by atoms with Crippen LogP contribution in [0.4, 0.5) is 5.69 Å². The van der Waals surface area contributed by atoms with Crippen LogP contribution in [0.3, 0.4) is 0 Å². The second-order valence-electron chi connectivity index (χ2n) is 7.20. The Morgan fingerprint density at radius 2 is 1.71 bits per heavy atom. The highest BCUT2D eigenvalue weighted by Crippen LogP contribution is 2.31. The highest BCUT2D eigenvalue weighted by atomic mass is 15.1. The van der Waals surface area contributed by atoms with E-state index in [2.05, 4.69) is 25.1 Å². The number of nitrogen functional groups attached to an aromatic ring is 1. The van der Waals surface area contributed by atoms with Crippen molar-refractivity contribution >= 4 is 27.8 Å². The van der Waals surface area contributed by atoms with Crippen LogP contribution in [0.15, 0.2) is 73.3 Å². The Labute approximate surface area is 176 Å². The number of aromatic nitrogens is 7. The molecular weight excluding hydrogens is 388 g/mol. The first-order chi connectivity index (χ1) is 15.3. The van der Waals surface area contributed by atoms with E-state index in [1.165, 1.54) is 0 Å². The summed E-state index contributed by atoms with van der Waals surface area (Å²) in [6, 6.07) is 15.7. The third-order valence-corrected chi connectivity index (χ3v) is 5.17. The molecule has 0 aliphatic heterocycles. The predicted octanol–water partition coefficient (Wildman–Crippen LogP) is 4.21. The van der Waals surface area contributed by atoms with E-state index >= 15 is 0 Å². The van der Waals surface area contributed by atoms with Crippen molar-refractivity contribution < 1.29 is 0 Å². The van der Waals surface area contributed by atoms with Gasteiger partial charge in [-0.05, 0) is 30.3 Å². The van der Waals surface area contributed by atoms with Crippen LogP contribution in [0.5, 0.6) is 0 Å². The molecule has 148 valence electrons. The summed E-state index contributed by atoms with van der Waals surface area (Å²) < 4.78 is 0. The highest BCUT2D eigenvalue weighted by Gasteiger charge is 2.17. The topological polar surface area (TPSA) is 122 Å². The number of para-hydroxylation sites is 1. The molecule has 1 aromatic carbocycles. The number of aromatic amines is 2. The van der Waals surface area contributed by atoms with E-state index in [4.69, 9.17) is 15.7 Å². The zero-order valence-corrected chi connectivity index (χ0v) is 16.2. The number of benzene rings is 1. The maximum Gasteiger partial charge on any atom is 0.161 e. The maximum absolute atomic E-state index is 5.89. The Morgan fingerprint density at radius 3 is 2.58 bits per heavy atom. The van der Waals surface area contributed by atoms with Crippen LogP contribution in [0, 0.1) is 0 Å². The van der Waals surface area contributed by atoms with Crippen LogP contribution < -0.4 is 5.73 Å². The van der Waals surface area contributed by atoms with Gasteiger partial charge < -0.3 is 10.7 Å². The van der Waals surface area contributed by atoms with Gasteiger partial charge in [0.2, 0.25) is 0 Å². The zero-order chi connectivity index (χ0) is 20.8. The van der Waals surface area contributed by atoms with E-state index in [0.717, 1.165) is 44.5 Å². The first kappa shape index (κ1) is 17.3. The van der Waals surface area contributed by atoms with Gasteiger partial charge in [-0.1, -0.05) is 18.2 Å². The molecule has 0 atom stereocenters. The van der Waals surface area contributed by atoms with Crippen molar-refractivity contribution in [3.63, 3.8) is 0 Å². The Kier molecular flexibility index (Phi) is 3.76. The van der Waals surface area contributed by atoms with Crippen LogP contribution in [0.25, 0.3) is 56.0 Å². The van der Waals surface area contributed by atoms with Gasteiger partial charge in [0.25, 0.3) is 0 Å². The van der Waals surface area contributed by atoms with Gasteiger partial charge >= 0.3 is 0 Å². The summed E-state index contributed by atoms with van der Waals surface area (Å²) in [4.78, 5) is 21.5. The molecule has 8 nitrogen and oxygen atoms in total. The number of rotatable bonds is 3. The second kappa shape index (κ2) is 6.74. The molecular formula is C23H16N8. The van der Waals surface area contributed by atoms with Crippen LogP contribution in [0.1, 0.15) is 0 Å². The van der Waals surface area contributed by atoms with E-state index in [1.807, 2.05) is 54.7 Å². The molecule has 8 heteroatoms. The lowest BCUT2D eigenvalue weighted by Gasteiger charge is -2.02. The molecule has 0 amide bonds. The van der Waals surface area contributed by atoms with Crippen LogP contribution >= 0.6 is 0 Å². The van der Waals surface area contributed by atoms with Crippen molar-refractivity contribution in [1.82, 2.24) is 35.1 Å². The van der Waals surface area contributed by atoms with Gasteiger partial charge in [0, 0.05) is 41.5 Å². The second-order valence-corrected chi connectivity index (χ2v) is 7.20. The number of fused-ring (bicyclic) bond motifs is 2. The minimum atomic E-state index is 0.590. The Balaban J connectivity index is 1.51. The van der Waals surface area contributed by atoms with Gasteiger partial charge in [0.1, 0.15) is 5.52 Å². The molecule has 0 spiro atoms. The lowest BCUT2D eigenvalue weighted by molar-refractivity contribution is 1.10. The molecule has 4 N–H and O–H groups in total. The lowest BCUT2D eigenvalue weighted by atomic mass is 10.1. The largest absolute Gasteiger partial charge is 0.397 e. The monoisotopic (exact) mass is 404 g/mol. The van der Waals surface area contributed by atoms with Crippen LogP contribution in [-0.4, -0.2) is 35.1 Å². The van der Waals surface area contributed by atoms with E-state index in [1.54, 1.807) is 18.6 Å². The van der Waals surface area contributed by atoms with Gasteiger partial charge in [-0.15, -0.1) is 0 Å². The molecule has 0 saturated heterocycles. The average Bonchev–Trinajstić information content (AvgIpc) is 3.43. The normalized spacial score (nSPS) is 11.4. The molecule has 0 saturated carbocycles. The summed E-state index contributed by atoms with van der Waals surface area (Å²) in [5.74, 6) is 0.646. The maximum atomic E-state index is 5.89.